The molecule has 0 aliphatic carbocycles. The van der Waals surface area contributed by atoms with Crippen LogP contribution in [0.15, 0.2) is 18.2 Å². The van der Waals surface area contributed by atoms with Gasteiger partial charge in [-0.15, -0.1) is 0 Å². The van der Waals surface area contributed by atoms with E-state index in [-0.39, 0.29) is 5.60 Å². The molecule has 0 radical (unpaired) electrons. The number of benzene rings is 1. The van der Waals surface area contributed by atoms with Crippen molar-refractivity contribution in [1.29, 1.82) is 0 Å². The highest BCUT2D eigenvalue weighted by Crippen LogP contribution is 2.41. The van der Waals surface area contributed by atoms with Gasteiger partial charge in [-0.1, -0.05) is 19.1 Å². The fourth-order valence-corrected chi connectivity index (χ4v) is 2.59. The molecule has 0 saturated heterocycles. The molecule has 3 nitrogen and oxygen atoms in total. The maximum absolute atomic E-state index is 6.00. The Hall–Kier alpha value is -1.22. The Kier molecular flexibility index (Phi) is 5.30. The van der Waals surface area contributed by atoms with Crippen LogP contribution in [0.2, 0.25) is 0 Å². The molecule has 0 amide bonds. The van der Waals surface area contributed by atoms with Crippen molar-refractivity contribution in [3.05, 3.63) is 23.8 Å². The second kappa shape index (κ2) is 6.98. The minimum absolute atomic E-state index is 0.104. The fourth-order valence-electron chi connectivity index (χ4n) is 2.59. The number of unbranched alkanes of at least 4 members (excludes halogenated alkanes) is 2. The molecule has 1 aliphatic rings. The van der Waals surface area contributed by atoms with E-state index >= 15 is 0 Å². The molecule has 0 fully saturated rings. The Labute approximate surface area is 122 Å². The number of rotatable bonds is 8. The molecule has 20 heavy (non-hydrogen) atoms. The van der Waals surface area contributed by atoms with Gasteiger partial charge in [-0.3, -0.25) is 0 Å². The van der Waals surface area contributed by atoms with E-state index in [1.807, 2.05) is 6.07 Å². The third-order valence-corrected chi connectivity index (χ3v) is 3.56. The molecule has 0 spiro atoms. The number of fused-ring (bicyclic) bond motifs is 1. The van der Waals surface area contributed by atoms with Crippen LogP contribution in [0.25, 0.3) is 0 Å². The van der Waals surface area contributed by atoms with Gasteiger partial charge in [0, 0.05) is 12.0 Å². The SMILES string of the molecule is CCNCCCCCOc1cccc2c1OC(C)(C)C2. The molecule has 1 aromatic carbocycles. The van der Waals surface area contributed by atoms with E-state index < -0.39 is 0 Å². The normalized spacial score (nSPS) is 15.8. The Morgan fingerprint density at radius 3 is 2.90 bits per heavy atom. The summed E-state index contributed by atoms with van der Waals surface area (Å²) in [5.74, 6) is 1.85. The minimum atomic E-state index is -0.104. The summed E-state index contributed by atoms with van der Waals surface area (Å²) in [6, 6.07) is 6.20. The Bertz CT molecular complexity index is 429. The van der Waals surface area contributed by atoms with Crippen LogP contribution in [0.3, 0.4) is 0 Å². The van der Waals surface area contributed by atoms with Crippen LogP contribution in [-0.4, -0.2) is 25.3 Å². The van der Waals surface area contributed by atoms with Gasteiger partial charge >= 0.3 is 0 Å². The van der Waals surface area contributed by atoms with Gasteiger partial charge in [-0.2, -0.15) is 0 Å². The van der Waals surface area contributed by atoms with Gasteiger partial charge in [0.1, 0.15) is 5.60 Å². The van der Waals surface area contributed by atoms with Crippen molar-refractivity contribution < 1.29 is 9.47 Å². The zero-order chi connectivity index (χ0) is 14.4. The summed E-state index contributed by atoms with van der Waals surface area (Å²) in [6.07, 6.45) is 4.47. The quantitative estimate of drug-likeness (QED) is 0.737. The largest absolute Gasteiger partial charge is 0.490 e. The highest BCUT2D eigenvalue weighted by molar-refractivity contribution is 5.50. The van der Waals surface area contributed by atoms with Crippen molar-refractivity contribution in [3.8, 4) is 11.5 Å². The fraction of sp³-hybridized carbons (Fsp3) is 0.647. The van der Waals surface area contributed by atoms with Gasteiger partial charge < -0.3 is 14.8 Å². The summed E-state index contributed by atoms with van der Waals surface area (Å²) < 4.78 is 11.9. The Morgan fingerprint density at radius 1 is 1.25 bits per heavy atom. The van der Waals surface area contributed by atoms with Crippen LogP contribution >= 0.6 is 0 Å². The number of ether oxygens (including phenoxy) is 2. The molecule has 3 heteroatoms. The lowest BCUT2D eigenvalue weighted by molar-refractivity contribution is 0.132. The number of hydrogen-bond acceptors (Lipinski definition) is 3. The van der Waals surface area contributed by atoms with Gasteiger partial charge in [0.25, 0.3) is 0 Å². The predicted octanol–water partition coefficient (Wildman–Crippen LogP) is 3.56. The first-order valence-electron chi connectivity index (χ1n) is 7.77. The van der Waals surface area contributed by atoms with Crippen molar-refractivity contribution in [2.75, 3.05) is 19.7 Å². The summed E-state index contributed by atoms with van der Waals surface area (Å²) in [5.41, 5.74) is 1.16. The van der Waals surface area contributed by atoms with Crippen molar-refractivity contribution in [3.63, 3.8) is 0 Å². The van der Waals surface area contributed by atoms with Gasteiger partial charge in [0.2, 0.25) is 0 Å². The molecule has 1 aliphatic heterocycles. The van der Waals surface area contributed by atoms with Crippen molar-refractivity contribution in [2.24, 2.45) is 0 Å². The topological polar surface area (TPSA) is 30.5 Å². The first-order chi connectivity index (χ1) is 9.62. The Morgan fingerprint density at radius 2 is 2.10 bits per heavy atom. The highest BCUT2D eigenvalue weighted by atomic mass is 16.5. The highest BCUT2D eigenvalue weighted by Gasteiger charge is 2.32. The zero-order valence-corrected chi connectivity index (χ0v) is 13.0. The molecule has 112 valence electrons. The minimum Gasteiger partial charge on any atom is -0.490 e. The van der Waals surface area contributed by atoms with Crippen LogP contribution in [0.1, 0.15) is 45.6 Å². The Balaban J connectivity index is 1.76. The molecule has 0 aromatic heterocycles. The summed E-state index contributed by atoms with van der Waals surface area (Å²) >= 11 is 0. The average molecular weight is 277 g/mol. The van der Waals surface area contributed by atoms with E-state index in [0.717, 1.165) is 44.0 Å². The molecular formula is C17H27NO2. The van der Waals surface area contributed by atoms with Gasteiger partial charge in [-0.25, -0.2) is 0 Å². The maximum Gasteiger partial charge on any atom is 0.165 e. The number of para-hydroxylation sites is 1. The second-order valence-electron chi connectivity index (χ2n) is 6.05. The van der Waals surface area contributed by atoms with Crippen molar-refractivity contribution in [2.45, 2.75) is 52.1 Å². The number of hydrogen-bond donors (Lipinski definition) is 1. The molecule has 1 heterocycles. The van der Waals surface area contributed by atoms with Gasteiger partial charge in [0.15, 0.2) is 11.5 Å². The first kappa shape index (κ1) is 15.2. The van der Waals surface area contributed by atoms with Crippen molar-refractivity contribution in [1.82, 2.24) is 5.32 Å². The predicted molar refractivity (Wildman–Crippen MR) is 82.7 cm³/mol. The third kappa shape index (κ3) is 4.14. The van der Waals surface area contributed by atoms with E-state index in [0.29, 0.717) is 0 Å². The lowest BCUT2D eigenvalue weighted by Crippen LogP contribution is -2.24. The standard InChI is InChI=1S/C17H27NO2/c1-4-18-11-6-5-7-12-19-15-10-8-9-14-13-17(2,3)20-16(14)15/h8-10,18H,4-7,11-13H2,1-3H3. The summed E-state index contributed by atoms with van der Waals surface area (Å²) in [6.45, 7) is 9.32. The molecule has 0 atom stereocenters. The molecule has 0 saturated carbocycles. The molecule has 1 N–H and O–H groups in total. The van der Waals surface area contributed by atoms with E-state index in [1.54, 1.807) is 0 Å². The average Bonchev–Trinajstić information content (AvgIpc) is 2.72. The molecular weight excluding hydrogens is 250 g/mol. The zero-order valence-electron chi connectivity index (χ0n) is 13.0. The molecule has 1 aromatic rings. The smallest absolute Gasteiger partial charge is 0.165 e. The molecule has 0 bridgehead atoms. The van der Waals surface area contributed by atoms with Gasteiger partial charge in [-0.05, 0) is 52.3 Å². The van der Waals surface area contributed by atoms with Crippen LogP contribution in [0.4, 0.5) is 0 Å². The molecule has 2 rings (SSSR count). The monoisotopic (exact) mass is 277 g/mol. The lowest BCUT2D eigenvalue weighted by Gasteiger charge is -2.18. The molecule has 0 unspecified atom stereocenters. The van der Waals surface area contributed by atoms with Crippen molar-refractivity contribution >= 4 is 0 Å². The summed E-state index contributed by atoms with van der Waals surface area (Å²) in [5, 5.41) is 3.34. The summed E-state index contributed by atoms with van der Waals surface area (Å²) in [4.78, 5) is 0. The van der Waals surface area contributed by atoms with Crippen LogP contribution in [0.5, 0.6) is 11.5 Å². The van der Waals surface area contributed by atoms with E-state index in [9.17, 15) is 0 Å². The summed E-state index contributed by atoms with van der Waals surface area (Å²) in [7, 11) is 0. The maximum atomic E-state index is 6.00. The lowest BCUT2D eigenvalue weighted by atomic mass is 10.0. The first-order valence-corrected chi connectivity index (χ1v) is 7.77. The van der Waals surface area contributed by atoms with Gasteiger partial charge in [0.05, 0.1) is 6.61 Å². The van der Waals surface area contributed by atoms with Crippen LogP contribution < -0.4 is 14.8 Å². The van der Waals surface area contributed by atoms with E-state index in [4.69, 9.17) is 9.47 Å². The second-order valence-corrected chi connectivity index (χ2v) is 6.05. The number of nitrogens with one attached hydrogen (secondary N) is 1. The third-order valence-electron chi connectivity index (χ3n) is 3.56. The van der Waals surface area contributed by atoms with Crippen LogP contribution in [-0.2, 0) is 6.42 Å². The van der Waals surface area contributed by atoms with E-state index in [2.05, 4.69) is 38.2 Å². The van der Waals surface area contributed by atoms with E-state index in [1.165, 1.54) is 18.4 Å². The van der Waals surface area contributed by atoms with Crippen LogP contribution in [0, 0.1) is 0 Å².